The van der Waals surface area contributed by atoms with E-state index in [-0.39, 0.29) is 6.01 Å². The second kappa shape index (κ2) is 3.72. The minimum absolute atomic E-state index is 0.147. The van der Waals surface area contributed by atoms with Crippen molar-refractivity contribution in [3.8, 4) is 0 Å². The second-order valence-electron chi connectivity index (χ2n) is 4.93. The molecule has 1 aromatic heterocycles. The van der Waals surface area contributed by atoms with Crippen LogP contribution < -0.4 is 10.6 Å². The van der Waals surface area contributed by atoms with E-state index >= 15 is 0 Å². The molecule has 0 bridgehead atoms. The Balaban J connectivity index is 2.05. The molecule has 1 fully saturated rings. The monoisotopic (exact) mass is 210 g/mol. The first-order valence-corrected chi connectivity index (χ1v) is 5.41. The molecule has 15 heavy (non-hydrogen) atoms. The Labute approximate surface area is 89.6 Å². The van der Waals surface area contributed by atoms with Crippen LogP contribution in [0.5, 0.6) is 0 Å². The molecule has 1 aliphatic rings. The van der Waals surface area contributed by atoms with E-state index in [0.29, 0.717) is 11.4 Å². The highest BCUT2D eigenvalue weighted by molar-refractivity contribution is 5.27. The predicted molar refractivity (Wildman–Crippen MR) is 58.6 cm³/mol. The van der Waals surface area contributed by atoms with Crippen LogP contribution in [-0.2, 0) is 0 Å². The van der Waals surface area contributed by atoms with Crippen LogP contribution in [0.15, 0.2) is 4.42 Å². The van der Waals surface area contributed by atoms with Gasteiger partial charge in [-0.15, -0.1) is 0 Å². The second-order valence-corrected chi connectivity index (χ2v) is 4.93. The van der Waals surface area contributed by atoms with Crippen LogP contribution in [0.4, 0.5) is 12.0 Å². The molecule has 2 heterocycles. The van der Waals surface area contributed by atoms with Gasteiger partial charge in [-0.3, -0.25) is 0 Å². The van der Waals surface area contributed by atoms with Gasteiger partial charge in [0, 0.05) is 13.1 Å². The van der Waals surface area contributed by atoms with Crippen LogP contribution in [0.1, 0.15) is 33.1 Å². The van der Waals surface area contributed by atoms with Crippen LogP contribution in [0.3, 0.4) is 0 Å². The molecule has 5 heteroatoms. The highest BCUT2D eigenvalue weighted by atomic mass is 16.4. The Bertz CT molecular complexity index is 334. The lowest BCUT2D eigenvalue weighted by Gasteiger charge is -2.22. The third-order valence-corrected chi connectivity index (χ3v) is 3.04. The Morgan fingerprint density at radius 1 is 1.27 bits per heavy atom. The van der Waals surface area contributed by atoms with Crippen molar-refractivity contribution < 1.29 is 4.42 Å². The summed E-state index contributed by atoms with van der Waals surface area (Å²) in [4.78, 5) is 2.12. The Hall–Kier alpha value is -1.26. The Morgan fingerprint density at radius 3 is 2.73 bits per heavy atom. The van der Waals surface area contributed by atoms with Crippen LogP contribution >= 0.6 is 0 Å². The Kier molecular flexibility index (Phi) is 2.54. The van der Waals surface area contributed by atoms with E-state index in [2.05, 4.69) is 28.9 Å². The van der Waals surface area contributed by atoms with Crippen LogP contribution in [0.2, 0.25) is 0 Å². The van der Waals surface area contributed by atoms with Gasteiger partial charge in [-0.1, -0.05) is 24.0 Å². The molecule has 0 radical (unpaired) electrons. The van der Waals surface area contributed by atoms with Crippen LogP contribution in [0, 0.1) is 5.41 Å². The standard InChI is InChI=1S/C10H18N4O/c1-10(2)4-3-6-14(7-5-10)9-13-12-8(11)15-9/h3-7H2,1-2H3,(H2,11,12). The van der Waals surface area contributed by atoms with Crippen molar-refractivity contribution in [1.29, 1.82) is 0 Å². The lowest BCUT2D eigenvalue weighted by atomic mass is 9.85. The summed E-state index contributed by atoms with van der Waals surface area (Å²) < 4.78 is 5.23. The first-order valence-electron chi connectivity index (χ1n) is 5.41. The maximum absolute atomic E-state index is 5.41. The first kappa shape index (κ1) is 10.3. The molecule has 1 aliphatic heterocycles. The van der Waals surface area contributed by atoms with E-state index in [9.17, 15) is 0 Å². The molecule has 84 valence electrons. The summed E-state index contributed by atoms with van der Waals surface area (Å²) in [5, 5.41) is 7.59. The van der Waals surface area contributed by atoms with Gasteiger partial charge in [0.05, 0.1) is 0 Å². The molecule has 0 amide bonds. The molecule has 2 rings (SSSR count). The molecule has 1 saturated heterocycles. The van der Waals surface area contributed by atoms with Gasteiger partial charge < -0.3 is 15.1 Å². The number of hydrogen-bond acceptors (Lipinski definition) is 5. The van der Waals surface area contributed by atoms with Gasteiger partial charge in [0.2, 0.25) is 0 Å². The smallest absolute Gasteiger partial charge is 0.319 e. The van der Waals surface area contributed by atoms with Crippen molar-refractivity contribution in [2.24, 2.45) is 5.41 Å². The van der Waals surface area contributed by atoms with Gasteiger partial charge >= 0.3 is 12.0 Å². The quantitative estimate of drug-likeness (QED) is 0.763. The fourth-order valence-electron chi connectivity index (χ4n) is 1.97. The van der Waals surface area contributed by atoms with Crippen LogP contribution in [0.25, 0.3) is 0 Å². The SMILES string of the molecule is CC1(C)CCCN(c2nnc(N)o2)CC1. The van der Waals surface area contributed by atoms with E-state index in [1.54, 1.807) is 0 Å². The predicted octanol–water partition coefficient (Wildman–Crippen LogP) is 1.67. The van der Waals surface area contributed by atoms with Gasteiger partial charge in [0.25, 0.3) is 0 Å². The number of nitrogens with two attached hydrogens (primary N) is 1. The third kappa shape index (κ3) is 2.40. The molecule has 0 aliphatic carbocycles. The lowest BCUT2D eigenvalue weighted by Crippen LogP contribution is -2.25. The molecule has 1 aromatic rings. The fourth-order valence-corrected chi connectivity index (χ4v) is 1.97. The zero-order valence-corrected chi connectivity index (χ0v) is 9.36. The largest absolute Gasteiger partial charge is 0.390 e. The molecule has 0 saturated carbocycles. The van der Waals surface area contributed by atoms with Gasteiger partial charge in [-0.05, 0) is 24.7 Å². The molecule has 5 nitrogen and oxygen atoms in total. The van der Waals surface area contributed by atoms with Crippen molar-refractivity contribution >= 4 is 12.0 Å². The van der Waals surface area contributed by atoms with Gasteiger partial charge in [-0.25, -0.2) is 0 Å². The molecule has 0 atom stereocenters. The normalized spacial score (nSPS) is 21.3. The van der Waals surface area contributed by atoms with Crippen molar-refractivity contribution in [2.45, 2.75) is 33.1 Å². The lowest BCUT2D eigenvalue weighted by molar-refractivity contribution is 0.324. The van der Waals surface area contributed by atoms with Gasteiger partial charge in [-0.2, -0.15) is 0 Å². The summed E-state index contributed by atoms with van der Waals surface area (Å²) >= 11 is 0. The summed E-state index contributed by atoms with van der Waals surface area (Å²) in [5.74, 6) is 0. The molecule has 0 unspecified atom stereocenters. The summed E-state index contributed by atoms with van der Waals surface area (Å²) in [6, 6.07) is 0.707. The minimum atomic E-state index is 0.147. The maximum atomic E-state index is 5.41. The minimum Gasteiger partial charge on any atom is -0.390 e. The molecular weight excluding hydrogens is 192 g/mol. The van der Waals surface area contributed by atoms with Crippen molar-refractivity contribution in [2.75, 3.05) is 23.7 Å². The number of aromatic nitrogens is 2. The summed E-state index contributed by atoms with van der Waals surface area (Å²) in [5.41, 5.74) is 5.83. The van der Waals surface area contributed by atoms with Gasteiger partial charge in [0.1, 0.15) is 0 Å². The summed E-state index contributed by atoms with van der Waals surface area (Å²) in [6.45, 7) is 6.55. The number of rotatable bonds is 1. The van der Waals surface area contributed by atoms with Crippen LogP contribution in [-0.4, -0.2) is 23.3 Å². The number of nitrogens with zero attached hydrogens (tertiary/aromatic N) is 3. The highest BCUT2D eigenvalue weighted by Gasteiger charge is 2.25. The summed E-state index contributed by atoms with van der Waals surface area (Å²) in [7, 11) is 0. The number of anilines is 2. The zero-order valence-electron chi connectivity index (χ0n) is 9.36. The van der Waals surface area contributed by atoms with E-state index in [4.69, 9.17) is 10.2 Å². The van der Waals surface area contributed by atoms with Crippen molar-refractivity contribution in [3.63, 3.8) is 0 Å². The van der Waals surface area contributed by atoms with E-state index in [1.165, 1.54) is 6.42 Å². The average molecular weight is 210 g/mol. The molecule has 0 aromatic carbocycles. The highest BCUT2D eigenvalue weighted by Crippen LogP contribution is 2.31. The number of nitrogen functional groups attached to an aromatic ring is 1. The van der Waals surface area contributed by atoms with E-state index < -0.39 is 0 Å². The average Bonchev–Trinajstić information content (AvgIpc) is 2.49. The third-order valence-electron chi connectivity index (χ3n) is 3.04. The van der Waals surface area contributed by atoms with Crippen molar-refractivity contribution in [3.05, 3.63) is 0 Å². The topological polar surface area (TPSA) is 68.2 Å². The number of hydrogen-bond donors (Lipinski definition) is 1. The molecular formula is C10H18N4O. The van der Waals surface area contributed by atoms with Crippen molar-refractivity contribution in [1.82, 2.24) is 10.2 Å². The zero-order chi connectivity index (χ0) is 10.9. The first-order chi connectivity index (χ1) is 7.07. The maximum Gasteiger partial charge on any atom is 0.319 e. The Morgan fingerprint density at radius 2 is 2.07 bits per heavy atom. The van der Waals surface area contributed by atoms with E-state index in [1.807, 2.05) is 0 Å². The molecule has 0 spiro atoms. The van der Waals surface area contributed by atoms with E-state index in [0.717, 1.165) is 25.9 Å². The van der Waals surface area contributed by atoms with Gasteiger partial charge in [0.15, 0.2) is 0 Å². The fraction of sp³-hybridized carbons (Fsp3) is 0.800. The molecule has 2 N–H and O–H groups in total. The summed E-state index contributed by atoms with van der Waals surface area (Å²) in [6.07, 6.45) is 3.55.